The highest BCUT2D eigenvalue weighted by Gasteiger charge is 2.40. The molecule has 3 nitrogen and oxygen atoms in total. The number of benzene rings is 1. The lowest BCUT2D eigenvalue weighted by Gasteiger charge is -2.31. The van der Waals surface area contributed by atoms with E-state index in [0.29, 0.717) is 11.9 Å². The number of carbonyl (C=O) groups excluding carboxylic acids is 1. The summed E-state index contributed by atoms with van der Waals surface area (Å²) in [4.78, 5) is 15.0. The van der Waals surface area contributed by atoms with E-state index in [-0.39, 0.29) is 6.04 Å². The number of nitrogens with zero attached hydrogens (tertiary/aromatic N) is 1. The van der Waals surface area contributed by atoms with Gasteiger partial charge in [-0.05, 0) is 49.7 Å². The van der Waals surface area contributed by atoms with Gasteiger partial charge in [-0.25, -0.2) is 0 Å². The number of hydrogen-bond acceptors (Lipinski definition) is 2. The monoisotopic (exact) mass is 284 g/mol. The maximum absolute atomic E-state index is 13.0. The number of fused-ring (bicyclic) bond motifs is 2. The van der Waals surface area contributed by atoms with E-state index in [1.54, 1.807) is 0 Å². The Kier molecular flexibility index (Phi) is 3.46. The first kappa shape index (κ1) is 13.3. The van der Waals surface area contributed by atoms with Crippen LogP contribution in [0.5, 0.6) is 0 Å². The Morgan fingerprint density at radius 2 is 2.00 bits per heavy atom. The Hall–Kier alpha value is -1.35. The second kappa shape index (κ2) is 5.45. The van der Waals surface area contributed by atoms with Crippen LogP contribution in [-0.4, -0.2) is 24.5 Å². The average molecular weight is 284 g/mol. The van der Waals surface area contributed by atoms with E-state index < -0.39 is 0 Å². The van der Waals surface area contributed by atoms with Crippen molar-refractivity contribution in [2.45, 2.75) is 57.0 Å². The van der Waals surface area contributed by atoms with Crippen LogP contribution in [0, 0.1) is 5.92 Å². The molecule has 3 aliphatic rings. The van der Waals surface area contributed by atoms with Crippen LogP contribution in [-0.2, 0) is 11.2 Å². The van der Waals surface area contributed by atoms with Crippen molar-refractivity contribution < 1.29 is 4.79 Å². The third-order valence-corrected chi connectivity index (χ3v) is 5.54. The first-order valence-corrected chi connectivity index (χ1v) is 8.48. The minimum atomic E-state index is 0.0456. The lowest BCUT2D eigenvalue weighted by molar-refractivity contribution is -0.120. The van der Waals surface area contributed by atoms with E-state index >= 15 is 0 Å². The molecule has 3 unspecified atom stereocenters. The zero-order valence-corrected chi connectivity index (χ0v) is 12.6. The zero-order valence-electron chi connectivity index (χ0n) is 12.6. The Morgan fingerprint density at radius 3 is 2.90 bits per heavy atom. The number of para-hydroxylation sites is 1. The molecule has 0 bridgehead atoms. The van der Waals surface area contributed by atoms with Crippen molar-refractivity contribution in [1.29, 1.82) is 0 Å². The van der Waals surface area contributed by atoms with E-state index in [4.69, 9.17) is 0 Å². The SMILES string of the molecule is O=C(C1CC2CCCCC2N1)N1CCCc2ccccc21. The van der Waals surface area contributed by atoms with Gasteiger partial charge in [-0.15, -0.1) is 0 Å². The molecule has 0 aromatic heterocycles. The van der Waals surface area contributed by atoms with E-state index in [2.05, 4.69) is 23.5 Å². The standard InChI is InChI=1S/C18H24N2O/c21-18(16-12-14-7-1-3-9-15(14)19-16)20-11-5-8-13-6-2-4-10-17(13)20/h2,4,6,10,14-16,19H,1,3,5,7-9,11-12H2. The fraction of sp³-hybridized carbons (Fsp3) is 0.611. The van der Waals surface area contributed by atoms with Crippen molar-refractivity contribution >= 4 is 11.6 Å². The van der Waals surface area contributed by atoms with E-state index in [1.165, 1.54) is 31.2 Å². The zero-order chi connectivity index (χ0) is 14.2. The number of amides is 1. The Balaban J connectivity index is 1.53. The molecular formula is C18H24N2O. The van der Waals surface area contributed by atoms with Gasteiger partial charge in [-0.3, -0.25) is 4.79 Å². The lowest BCUT2D eigenvalue weighted by atomic mass is 9.85. The summed E-state index contributed by atoms with van der Waals surface area (Å²) in [5, 5.41) is 3.63. The second-order valence-corrected chi connectivity index (χ2v) is 6.83. The van der Waals surface area contributed by atoms with Gasteiger partial charge in [0.15, 0.2) is 0 Å². The topological polar surface area (TPSA) is 32.3 Å². The highest BCUT2D eigenvalue weighted by molar-refractivity contribution is 5.98. The van der Waals surface area contributed by atoms with Crippen LogP contribution >= 0.6 is 0 Å². The van der Waals surface area contributed by atoms with Crippen molar-refractivity contribution in [3.05, 3.63) is 29.8 Å². The number of hydrogen-bond donors (Lipinski definition) is 1. The van der Waals surface area contributed by atoms with Crippen molar-refractivity contribution in [1.82, 2.24) is 5.32 Å². The summed E-state index contributed by atoms with van der Waals surface area (Å²) in [5.41, 5.74) is 2.47. The summed E-state index contributed by atoms with van der Waals surface area (Å²) in [7, 11) is 0. The van der Waals surface area contributed by atoms with E-state index in [0.717, 1.165) is 37.4 Å². The lowest BCUT2D eigenvalue weighted by Crippen LogP contribution is -2.47. The third kappa shape index (κ3) is 2.38. The molecule has 1 N–H and O–H groups in total. The minimum Gasteiger partial charge on any atom is -0.311 e. The van der Waals surface area contributed by atoms with Crippen LogP contribution < -0.4 is 10.2 Å². The second-order valence-electron chi connectivity index (χ2n) is 6.83. The van der Waals surface area contributed by atoms with Crippen molar-refractivity contribution in [2.24, 2.45) is 5.92 Å². The molecule has 3 heteroatoms. The van der Waals surface area contributed by atoms with E-state index in [1.807, 2.05) is 11.0 Å². The molecule has 1 saturated heterocycles. The quantitative estimate of drug-likeness (QED) is 0.860. The van der Waals surface area contributed by atoms with Crippen LogP contribution in [0.4, 0.5) is 5.69 Å². The van der Waals surface area contributed by atoms with Gasteiger partial charge in [0.2, 0.25) is 5.91 Å². The van der Waals surface area contributed by atoms with Gasteiger partial charge in [0.1, 0.15) is 0 Å². The highest BCUT2D eigenvalue weighted by atomic mass is 16.2. The smallest absolute Gasteiger partial charge is 0.244 e. The molecule has 1 aromatic rings. The molecule has 4 rings (SSSR count). The van der Waals surface area contributed by atoms with Crippen molar-refractivity contribution in [2.75, 3.05) is 11.4 Å². The number of anilines is 1. The van der Waals surface area contributed by atoms with Gasteiger partial charge in [0, 0.05) is 18.3 Å². The molecule has 112 valence electrons. The number of rotatable bonds is 1. The molecule has 2 heterocycles. The molecule has 21 heavy (non-hydrogen) atoms. The maximum Gasteiger partial charge on any atom is 0.244 e. The Bertz CT molecular complexity index is 528. The van der Waals surface area contributed by atoms with Crippen LogP contribution in [0.2, 0.25) is 0 Å². The van der Waals surface area contributed by atoms with Crippen LogP contribution in [0.3, 0.4) is 0 Å². The normalized spacial score (nSPS) is 31.6. The predicted octanol–water partition coefficient (Wildman–Crippen LogP) is 2.89. The van der Waals surface area contributed by atoms with Gasteiger partial charge in [0.25, 0.3) is 0 Å². The molecule has 1 saturated carbocycles. The number of aryl methyl sites for hydroxylation is 1. The molecule has 1 aliphatic carbocycles. The summed E-state index contributed by atoms with van der Waals surface area (Å²) in [5.74, 6) is 1.03. The summed E-state index contributed by atoms with van der Waals surface area (Å²) in [6.07, 6.45) is 8.45. The molecule has 1 amide bonds. The van der Waals surface area contributed by atoms with Gasteiger partial charge in [0.05, 0.1) is 6.04 Å². The van der Waals surface area contributed by atoms with Crippen LogP contribution in [0.15, 0.2) is 24.3 Å². The largest absolute Gasteiger partial charge is 0.311 e. The van der Waals surface area contributed by atoms with Gasteiger partial charge < -0.3 is 10.2 Å². The molecule has 0 spiro atoms. The summed E-state index contributed by atoms with van der Waals surface area (Å²) in [6.45, 7) is 0.878. The van der Waals surface area contributed by atoms with Gasteiger partial charge in [-0.2, -0.15) is 0 Å². The molecular weight excluding hydrogens is 260 g/mol. The van der Waals surface area contributed by atoms with Crippen LogP contribution in [0.1, 0.15) is 44.1 Å². The fourth-order valence-corrected chi connectivity index (χ4v) is 4.46. The molecule has 0 radical (unpaired) electrons. The van der Waals surface area contributed by atoms with Crippen molar-refractivity contribution in [3.8, 4) is 0 Å². The third-order valence-electron chi connectivity index (χ3n) is 5.54. The summed E-state index contributed by atoms with van der Waals surface area (Å²) < 4.78 is 0. The highest BCUT2D eigenvalue weighted by Crippen LogP contribution is 2.35. The Labute approximate surface area is 126 Å². The van der Waals surface area contributed by atoms with Crippen LogP contribution in [0.25, 0.3) is 0 Å². The predicted molar refractivity (Wildman–Crippen MR) is 84.4 cm³/mol. The number of nitrogens with one attached hydrogen (secondary N) is 1. The summed E-state index contributed by atoms with van der Waals surface area (Å²) >= 11 is 0. The molecule has 1 aromatic carbocycles. The number of carbonyl (C=O) groups is 1. The molecule has 2 fully saturated rings. The minimum absolute atomic E-state index is 0.0456. The van der Waals surface area contributed by atoms with Gasteiger partial charge >= 0.3 is 0 Å². The summed E-state index contributed by atoms with van der Waals surface area (Å²) in [6, 6.07) is 9.03. The fourth-order valence-electron chi connectivity index (χ4n) is 4.46. The van der Waals surface area contributed by atoms with Crippen molar-refractivity contribution in [3.63, 3.8) is 0 Å². The molecule has 3 atom stereocenters. The first-order chi connectivity index (χ1) is 10.3. The first-order valence-electron chi connectivity index (χ1n) is 8.48. The molecule has 2 aliphatic heterocycles. The Morgan fingerprint density at radius 1 is 1.14 bits per heavy atom. The van der Waals surface area contributed by atoms with E-state index in [9.17, 15) is 4.79 Å². The van der Waals surface area contributed by atoms with Gasteiger partial charge in [-0.1, -0.05) is 31.0 Å². The average Bonchev–Trinajstić information content (AvgIpc) is 2.97. The maximum atomic E-state index is 13.0.